The van der Waals surface area contributed by atoms with Crippen LogP contribution in [0.4, 0.5) is 8.78 Å². The molecule has 5 nitrogen and oxygen atoms in total. The fourth-order valence-corrected chi connectivity index (χ4v) is 2.49. The maximum absolute atomic E-state index is 14.7. The van der Waals surface area contributed by atoms with Gasteiger partial charge < -0.3 is 4.98 Å². The summed E-state index contributed by atoms with van der Waals surface area (Å²) in [7, 11) is -4.14. The molecule has 2 rings (SSSR count). The number of primary sulfonamides is 1. The van der Waals surface area contributed by atoms with Gasteiger partial charge >= 0.3 is 0 Å². The largest absolute Gasteiger partial charge is 0.329 e. The summed E-state index contributed by atoms with van der Waals surface area (Å²) in [5.74, 6) is -1.24. The zero-order valence-electron chi connectivity index (χ0n) is 9.56. The van der Waals surface area contributed by atoms with Crippen molar-refractivity contribution in [1.29, 1.82) is 0 Å². The van der Waals surface area contributed by atoms with Gasteiger partial charge in [-0.05, 0) is 24.3 Å². The first kappa shape index (κ1) is 13.6. The number of hydrogen-bond donors (Lipinski definition) is 2. The van der Waals surface area contributed by atoms with Gasteiger partial charge in [0.05, 0.1) is 10.5 Å². The predicted molar refractivity (Wildman–Crippen MR) is 64.8 cm³/mol. The summed E-state index contributed by atoms with van der Waals surface area (Å²) in [5, 5.41) is 4.89. The molecule has 0 radical (unpaired) electrons. The number of nitrogens with two attached hydrogens (primary N) is 1. The third-order valence-corrected chi connectivity index (χ3v) is 3.83. The Hall–Kier alpha value is -1.80. The van der Waals surface area contributed by atoms with Crippen LogP contribution in [0.5, 0.6) is 0 Å². The van der Waals surface area contributed by atoms with Crippen molar-refractivity contribution < 1.29 is 17.2 Å². The van der Waals surface area contributed by atoms with Crippen molar-refractivity contribution in [2.24, 2.45) is 5.14 Å². The van der Waals surface area contributed by atoms with Crippen LogP contribution in [-0.2, 0) is 15.7 Å². The molecule has 0 spiro atoms. The van der Waals surface area contributed by atoms with Gasteiger partial charge in [-0.25, -0.2) is 22.3 Å². The minimum Gasteiger partial charge on any atom is -0.329 e. The number of rotatable bonds is 2. The molecule has 1 unspecified atom stereocenters. The SMILES string of the molecule is NS(=O)(=O)C1=CC=C(F)C(F)(c2ccc[nH]c2=O)C1. The highest BCUT2D eigenvalue weighted by Gasteiger charge is 2.43. The van der Waals surface area contributed by atoms with Crippen molar-refractivity contribution >= 4 is 10.0 Å². The van der Waals surface area contributed by atoms with Crippen molar-refractivity contribution in [3.8, 4) is 0 Å². The van der Waals surface area contributed by atoms with Gasteiger partial charge in [0.1, 0.15) is 5.83 Å². The number of alkyl halides is 1. The molecule has 1 aromatic rings. The zero-order valence-corrected chi connectivity index (χ0v) is 10.4. The molecular weight excluding hydrogens is 278 g/mol. The minimum absolute atomic E-state index is 0.473. The van der Waals surface area contributed by atoms with Gasteiger partial charge in [-0.3, -0.25) is 4.79 Å². The molecule has 8 heteroatoms. The smallest absolute Gasteiger partial charge is 0.254 e. The Balaban J connectivity index is 2.59. The summed E-state index contributed by atoms with van der Waals surface area (Å²) >= 11 is 0. The van der Waals surface area contributed by atoms with E-state index in [1.807, 2.05) is 0 Å². The van der Waals surface area contributed by atoms with E-state index in [0.29, 0.717) is 6.08 Å². The number of H-pyrrole nitrogens is 1. The summed E-state index contributed by atoms with van der Waals surface area (Å²) in [6.07, 6.45) is 1.96. The van der Waals surface area contributed by atoms with E-state index in [2.05, 4.69) is 4.98 Å². The maximum Gasteiger partial charge on any atom is 0.254 e. The van der Waals surface area contributed by atoms with Gasteiger partial charge in [0.2, 0.25) is 10.0 Å². The lowest BCUT2D eigenvalue weighted by Crippen LogP contribution is -2.33. The molecule has 19 heavy (non-hydrogen) atoms. The molecule has 1 aliphatic carbocycles. The quantitative estimate of drug-likeness (QED) is 0.849. The molecule has 102 valence electrons. The number of aromatic nitrogens is 1. The molecule has 0 aliphatic heterocycles. The van der Waals surface area contributed by atoms with E-state index in [9.17, 15) is 22.0 Å². The van der Waals surface area contributed by atoms with E-state index in [1.165, 1.54) is 12.3 Å². The third-order valence-electron chi connectivity index (χ3n) is 2.82. The van der Waals surface area contributed by atoms with E-state index in [0.717, 1.165) is 12.1 Å². The highest BCUT2D eigenvalue weighted by molar-refractivity contribution is 7.93. The highest BCUT2D eigenvalue weighted by Crippen LogP contribution is 2.42. The van der Waals surface area contributed by atoms with Crippen molar-refractivity contribution in [2.45, 2.75) is 12.1 Å². The fourth-order valence-electron chi connectivity index (χ4n) is 1.83. The van der Waals surface area contributed by atoms with Crippen molar-refractivity contribution in [2.75, 3.05) is 0 Å². The molecule has 0 bridgehead atoms. The summed E-state index contributed by atoms with van der Waals surface area (Å²) in [6.45, 7) is 0. The number of halogens is 2. The van der Waals surface area contributed by atoms with Gasteiger partial charge in [-0.1, -0.05) is 0 Å². The van der Waals surface area contributed by atoms with E-state index in [4.69, 9.17) is 5.14 Å². The summed E-state index contributed by atoms with van der Waals surface area (Å²) in [6, 6.07) is 2.42. The molecule has 1 aliphatic rings. The second kappa shape index (κ2) is 4.39. The first-order valence-corrected chi connectivity index (χ1v) is 6.76. The van der Waals surface area contributed by atoms with Crippen LogP contribution in [0, 0.1) is 0 Å². The molecule has 0 saturated heterocycles. The molecule has 1 atom stereocenters. The van der Waals surface area contributed by atoms with E-state index < -0.39 is 44.0 Å². The zero-order chi connectivity index (χ0) is 14.3. The Morgan fingerprint density at radius 2 is 2.05 bits per heavy atom. The van der Waals surface area contributed by atoms with Gasteiger partial charge in [0.15, 0.2) is 5.67 Å². The van der Waals surface area contributed by atoms with Crippen molar-refractivity contribution in [3.05, 3.63) is 57.1 Å². The van der Waals surface area contributed by atoms with E-state index >= 15 is 0 Å². The summed E-state index contributed by atoms with van der Waals surface area (Å²) in [5.41, 5.74) is -4.16. The monoisotopic (exact) mass is 288 g/mol. The topological polar surface area (TPSA) is 93.0 Å². The Morgan fingerprint density at radius 1 is 1.37 bits per heavy atom. The first-order chi connectivity index (χ1) is 8.75. The van der Waals surface area contributed by atoms with Crippen molar-refractivity contribution in [1.82, 2.24) is 4.98 Å². The average Bonchev–Trinajstić information content (AvgIpc) is 2.32. The lowest BCUT2D eigenvalue weighted by Gasteiger charge is -2.26. The predicted octanol–water partition coefficient (Wildman–Crippen LogP) is 0.969. The first-order valence-electron chi connectivity index (χ1n) is 5.22. The van der Waals surface area contributed by atoms with Crippen LogP contribution in [0.15, 0.2) is 46.0 Å². The number of allylic oxidation sites excluding steroid dienone is 4. The fraction of sp³-hybridized carbons (Fsp3) is 0.182. The lowest BCUT2D eigenvalue weighted by molar-refractivity contribution is 0.173. The van der Waals surface area contributed by atoms with E-state index in [1.54, 1.807) is 0 Å². The minimum atomic E-state index is -4.14. The van der Waals surface area contributed by atoms with E-state index in [-0.39, 0.29) is 0 Å². The Kier molecular flexibility index (Phi) is 3.15. The second-order valence-corrected chi connectivity index (χ2v) is 5.70. The normalized spacial score (nSPS) is 23.7. The van der Waals surface area contributed by atoms with Crippen LogP contribution < -0.4 is 10.7 Å². The van der Waals surface area contributed by atoms with Gasteiger partial charge in [0.25, 0.3) is 5.56 Å². The summed E-state index contributed by atoms with van der Waals surface area (Å²) < 4.78 is 50.8. The van der Waals surface area contributed by atoms with Crippen LogP contribution >= 0.6 is 0 Å². The summed E-state index contributed by atoms with van der Waals surface area (Å²) in [4.78, 5) is 13.3. The number of pyridine rings is 1. The number of hydrogen-bond acceptors (Lipinski definition) is 3. The standard InChI is InChI=1S/C11H10F2N2O3S/c12-9-4-3-7(19(14,17)18)6-11(9,13)8-2-1-5-15-10(8)16/h1-5H,6H2,(H,15,16)(H2,14,17,18). The molecule has 1 heterocycles. The Labute approximate surface area is 107 Å². The molecule has 0 aromatic carbocycles. The Morgan fingerprint density at radius 3 is 2.63 bits per heavy atom. The maximum atomic E-state index is 14.7. The number of sulfonamides is 1. The van der Waals surface area contributed by atoms with Gasteiger partial charge in [-0.15, -0.1) is 0 Å². The molecule has 0 amide bonds. The Bertz CT molecular complexity index is 736. The third kappa shape index (κ3) is 2.36. The van der Waals surface area contributed by atoms with Crippen molar-refractivity contribution in [3.63, 3.8) is 0 Å². The van der Waals surface area contributed by atoms with Gasteiger partial charge in [-0.2, -0.15) is 0 Å². The highest BCUT2D eigenvalue weighted by atomic mass is 32.2. The van der Waals surface area contributed by atoms with Crippen LogP contribution in [0.3, 0.4) is 0 Å². The lowest BCUT2D eigenvalue weighted by atomic mass is 9.89. The van der Waals surface area contributed by atoms with Gasteiger partial charge in [0, 0.05) is 12.6 Å². The molecule has 3 N–H and O–H groups in total. The molecule has 1 aromatic heterocycles. The number of nitrogens with one attached hydrogen (secondary N) is 1. The molecule has 0 fully saturated rings. The van der Waals surface area contributed by atoms with Crippen LogP contribution in [0.25, 0.3) is 0 Å². The number of aromatic amines is 1. The van der Waals surface area contributed by atoms with Crippen LogP contribution in [0.1, 0.15) is 12.0 Å². The molecule has 0 saturated carbocycles. The average molecular weight is 288 g/mol. The van der Waals surface area contributed by atoms with Crippen LogP contribution in [-0.4, -0.2) is 13.4 Å². The second-order valence-electron chi connectivity index (χ2n) is 4.08. The molecular formula is C11H10F2N2O3S. The van der Waals surface area contributed by atoms with Crippen LogP contribution in [0.2, 0.25) is 0 Å².